The Kier molecular flexibility index (Phi) is 5.64. The molecule has 0 aliphatic rings. The SMILES string of the molecule is CN[C@@H](C)/C=C/c1cnc(Oc2ccc3nc(C(F)(F)F)sc3c2Cl)cn1. The highest BCUT2D eigenvalue weighted by Gasteiger charge is 2.35. The molecule has 0 radical (unpaired) electrons. The van der Waals surface area contributed by atoms with Crippen molar-refractivity contribution in [3.05, 3.63) is 46.3 Å². The summed E-state index contributed by atoms with van der Waals surface area (Å²) in [5.41, 5.74) is 0.804. The third-order valence-corrected chi connectivity index (χ3v) is 5.20. The van der Waals surface area contributed by atoms with Crippen LogP contribution in [0.5, 0.6) is 11.6 Å². The molecule has 0 aliphatic heterocycles. The number of thiazole rings is 1. The topological polar surface area (TPSA) is 59.9 Å². The van der Waals surface area contributed by atoms with Gasteiger partial charge in [0.1, 0.15) is 10.8 Å². The average Bonchev–Trinajstić information content (AvgIpc) is 3.09. The Morgan fingerprint density at radius 3 is 2.67 bits per heavy atom. The van der Waals surface area contributed by atoms with Gasteiger partial charge >= 0.3 is 6.18 Å². The lowest BCUT2D eigenvalue weighted by molar-refractivity contribution is -0.137. The summed E-state index contributed by atoms with van der Waals surface area (Å²) in [6.45, 7) is 1.99. The van der Waals surface area contributed by atoms with Gasteiger partial charge in [0.15, 0.2) is 5.01 Å². The van der Waals surface area contributed by atoms with Crippen molar-refractivity contribution < 1.29 is 17.9 Å². The molecule has 27 heavy (non-hydrogen) atoms. The van der Waals surface area contributed by atoms with Crippen LogP contribution in [0.15, 0.2) is 30.6 Å². The van der Waals surface area contributed by atoms with Crippen molar-refractivity contribution in [1.82, 2.24) is 20.3 Å². The summed E-state index contributed by atoms with van der Waals surface area (Å²) in [5, 5.41) is 2.16. The first-order chi connectivity index (χ1) is 12.8. The smallest absolute Gasteiger partial charge is 0.436 e. The third-order valence-electron chi connectivity index (χ3n) is 3.58. The molecule has 5 nitrogen and oxygen atoms in total. The van der Waals surface area contributed by atoms with Crippen molar-refractivity contribution in [3.8, 4) is 11.6 Å². The second-order valence-electron chi connectivity index (χ2n) is 5.56. The molecule has 2 aromatic heterocycles. The number of hydrogen-bond acceptors (Lipinski definition) is 6. The maximum Gasteiger partial charge on any atom is 0.443 e. The summed E-state index contributed by atoms with van der Waals surface area (Å²) in [6.07, 6.45) is 2.16. The second kappa shape index (κ2) is 7.79. The number of likely N-dealkylation sites (N-methyl/N-ethyl adjacent to an activating group) is 1. The van der Waals surface area contributed by atoms with Crippen molar-refractivity contribution in [2.24, 2.45) is 0 Å². The number of aromatic nitrogens is 3. The second-order valence-corrected chi connectivity index (χ2v) is 6.94. The molecule has 0 fully saturated rings. The van der Waals surface area contributed by atoms with Crippen LogP contribution in [0, 0.1) is 0 Å². The number of nitrogens with zero attached hydrogens (tertiary/aromatic N) is 3. The number of fused-ring (bicyclic) bond motifs is 1. The fourth-order valence-corrected chi connectivity index (χ4v) is 3.23. The highest BCUT2D eigenvalue weighted by atomic mass is 35.5. The fourth-order valence-electron chi connectivity index (χ4n) is 2.06. The molecule has 1 atom stereocenters. The average molecular weight is 415 g/mol. The zero-order valence-electron chi connectivity index (χ0n) is 14.2. The number of rotatable bonds is 5. The molecular formula is C17H14ClF3N4OS. The number of ether oxygens (including phenoxy) is 1. The predicted octanol–water partition coefficient (Wildman–Crippen LogP) is 5.17. The van der Waals surface area contributed by atoms with Crippen molar-refractivity contribution >= 4 is 39.2 Å². The largest absolute Gasteiger partial charge is 0.443 e. The normalized spacial score (nSPS) is 13.4. The van der Waals surface area contributed by atoms with Gasteiger partial charge in [-0.3, -0.25) is 0 Å². The molecule has 0 amide bonds. The molecule has 0 saturated heterocycles. The van der Waals surface area contributed by atoms with E-state index in [0.717, 1.165) is 0 Å². The molecule has 3 rings (SSSR count). The van der Waals surface area contributed by atoms with Gasteiger partial charge in [-0.05, 0) is 32.2 Å². The van der Waals surface area contributed by atoms with E-state index >= 15 is 0 Å². The zero-order valence-corrected chi connectivity index (χ0v) is 15.8. The van der Waals surface area contributed by atoms with Gasteiger partial charge in [-0.1, -0.05) is 17.7 Å². The lowest BCUT2D eigenvalue weighted by atomic mass is 10.3. The van der Waals surface area contributed by atoms with Gasteiger partial charge in [-0.2, -0.15) is 13.2 Å². The highest BCUT2D eigenvalue weighted by Crippen LogP contribution is 2.42. The van der Waals surface area contributed by atoms with Crippen molar-refractivity contribution in [3.63, 3.8) is 0 Å². The van der Waals surface area contributed by atoms with Gasteiger partial charge in [0.2, 0.25) is 5.88 Å². The summed E-state index contributed by atoms with van der Waals surface area (Å²) < 4.78 is 44.2. The molecule has 0 aliphatic carbocycles. The lowest BCUT2D eigenvalue weighted by Crippen LogP contribution is -2.17. The van der Waals surface area contributed by atoms with Crippen molar-refractivity contribution in [2.75, 3.05) is 7.05 Å². The number of hydrogen-bond donors (Lipinski definition) is 1. The molecule has 0 saturated carbocycles. The van der Waals surface area contributed by atoms with Crippen LogP contribution in [0.25, 0.3) is 16.3 Å². The van der Waals surface area contributed by atoms with E-state index in [-0.39, 0.29) is 32.9 Å². The first kappa shape index (κ1) is 19.5. The first-order valence-corrected chi connectivity index (χ1v) is 8.99. The maximum absolute atomic E-state index is 12.8. The van der Waals surface area contributed by atoms with E-state index < -0.39 is 11.2 Å². The first-order valence-electron chi connectivity index (χ1n) is 7.79. The number of halogens is 4. The molecule has 142 valence electrons. The highest BCUT2D eigenvalue weighted by molar-refractivity contribution is 7.19. The lowest BCUT2D eigenvalue weighted by Gasteiger charge is -2.07. The standard InChI is InChI=1S/C17H14ClF3N4OS/c1-9(22-2)3-4-10-7-24-13(8-23-10)26-12-6-5-11-15(14(12)18)27-16(25-11)17(19,20)21/h3-9,22H,1-2H3/b4-3+/t9-/m0/s1. The van der Waals surface area contributed by atoms with Gasteiger partial charge in [-0.15, -0.1) is 11.3 Å². The Labute approximate surface area is 161 Å². The molecule has 1 aromatic carbocycles. The maximum atomic E-state index is 12.8. The fraction of sp³-hybridized carbons (Fsp3) is 0.235. The van der Waals surface area contributed by atoms with Gasteiger partial charge in [0, 0.05) is 6.04 Å². The minimum atomic E-state index is -4.52. The van der Waals surface area contributed by atoms with Gasteiger partial charge < -0.3 is 10.1 Å². The minimum absolute atomic E-state index is 0.0501. The summed E-state index contributed by atoms with van der Waals surface area (Å²) in [5.74, 6) is 0.360. The minimum Gasteiger partial charge on any atom is -0.436 e. The molecule has 0 spiro atoms. The number of benzene rings is 1. The zero-order chi connectivity index (χ0) is 19.6. The summed E-state index contributed by atoms with van der Waals surface area (Å²) in [4.78, 5) is 11.9. The monoisotopic (exact) mass is 414 g/mol. The molecular weight excluding hydrogens is 401 g/mol. The molecule has 3 aromatic rings. The van der Waals surface area contributed by atoms with E-state index in [1.807, 2.05) is 26.1 Å². The number of nitrogens with one attached hydrogen (secondary N) is 1. The Morgan fingerprint density at radius 1 is 1.26 bits per heavy atom. The van der Waals surface area contributed by atoms with Gasteiger partial charge in [0.25, 0.3) is 0 Å². The predicted molar refractivity (Wildman–Crippen MR) is 99.3 cm³/mol. The van der Waals surface area contributed by atoms with Crippen LogP contribution >= 0.6 is 22.9 Å². The molecule has 0 bridgehead atoms. The van der Waals surface area contributed by atoms with Gasteiger partial charge in [0.05, 0.1) is 28.3 Å². The van der Waals surface area contributed by atoms with Crippen LogP contribution in [0.3, 0.4) is 0 Å². The van der Waals surface area contributed by atoms with E-state index in [2.05, 4.69) is 20.3 Å². The molecule has 2 heterocycles. The summed E-state index contributed by atoms with van der Waals surface area (Å²) in [6, 6.07) is 3.06. The quantitative estimate of drug-likeness (QED) is 0.624. The molecule has 10 heteroatoms. The molecule has 1 N–H and O–H groups in total. The van der Waals surface area contributed by atoms with Crippen LogP contribution in [0.1, 0.15) is 17.6 Å². The van der Waals surface area contributed by atoms with E-state index in [1.54, 1.807) is 0 Å². The Hall–Kier alpha value is -2.23. The van der Waals surface area contributed by atoms with E-state index in [9.17, 15) is 13.2 Å². The van der Waals surface area contributed by atoms with Gasteiger partial charge in [-0.25, -0.2) is 15.0 Å². The Balaban J connectivity index is 1.82. The number of alkyl halides is 3. The van der Waals surface area contributed by atoms with E-state index in [1.165, 1.54) is 24.5 Å². The van der Waals surface area contributed by atoms with E-state index in [0.29, 0.717) is 17.0 Å². The third kappa shape index (κ3) is 4.55. The molecule has 0 unspecified atom stereocenters. The van der Waals surface area contributed by atoms with E-state index in [4.69, 9.17) is 16.3 Å². The Bertz CT molecular complexity index is 973. The summed E-state index contributed by atoms with van der Waals surface area (Å²) >= 11 is 6.67. The van der Waals surface area contributed by atoms with Crippen molar-refractivity contribution in [2.45, 2.75) is 19.1 Å². The van der Waals surface area contributed by atoms with Crippen LogP contribution in [-0.4, -0.2) is 28.0 Å². The van der Waals surface area contributed by atoms with Crippen LogP contribution in [0.2, 0.25) is 5.02 Å². The summed E-state index contributed by atoms with van der Waals surface area (Å²) in [7, 11) is 1.85. The van der Waals surface area contributed by atoms with Crippen LogP contribution in [0.4, 0.5) is 13.2 Å². The Morgan fingerprint density at radius 2 is 2.04 bits per heavy atom. The van der Waals surface area contributed by atoms with Crippen LogP contribution < -0.4 is 10.1 Å². The van der Waals surface area contributed by atoms with Crippen LogP contribution in [-0.2, 0) is 6.18 Å². The van der Waals surface area contributed by atoms with Crippen molar-refractivity contribution in [1.29, 1.82) is 0 Å².